The van der Waals surface area contributed by atoms with Gasteiger partial charge in [-0.2, -0.15) is 4.31 Å². The first-order valence-corrected chi connectivity index (χ1v) is 11.6. The zero-order valence-corrected chi connectivity index (χ0v) is 19.2. The van der Waals surface area contributed by atoms with Crippen molar-refractivity contribution in [3.63, 3.8) is 0 Å². The Hall–Kier alpha value is -2.95. The van der Waals surface area contributed by atoms with Gasteiger partial charge in [-0.1, -0.05) is 23.7 Å². The van der Waals surface area contributed by atoms with Gasteiger partial charge in [0.25, 0.3) is 5.91 Å². The van der Waals surface area contributed by atoms with Crippen molar-refractivity contribution in [1.29, 1.82) is 0 Å². The van der Waals surface area contributed by atoms with Crippen LogP contribution in [0.15, 0.2) is 47.4 Å². The predicted molar refractivity (Wildman–Crippen MR) is 121 cm³/mol. The highest BCUT2D eigenvalue weighted by Crippen LogP contribution is 2.26. The molecule has 0 radical (unpaired) electrons. The molecule has 0 saturated carbocycles. The second kappa shape index (κ2) is 9.68. The van der Waals surface area contributed by atoms with E-state index in [4.69, 9.17) is 11.6 Å². The van der Waals surface area contributed by atoms with Crippen LogP contribution in [-0.2, 0) is 19.6 Å². The third-order valence-corrected chi connectivity index (χ3v) is 7.20. The number of carbonyl (C=O) groups is 3. The summed E-state index contributed by atoms with van der Waals surface area (Å²) < 4.78 is 27.1. The second-order valence-electron chi connectivity index (χ2n) is 7.29. The van der Waals surface area contributed by atoms with Crippen molar-refractivity contribution in [1.82, 2.24) is 9.21 Å². The first-order valence-electron chi connectivity index (χ1n) is 9.82. The highest BCUT2D eigenvalue weighted by molar-refractivity contribution is 7.89. The predicted octanol–water partition coefficient (Wildman–Crippen LogP) is 2.40. The lowest BCUT2D eigenvalue weighted by atomic mass is 10.1. The summed E-state index contributed by atoms with van der Waals surface area (Å²) in [6.07, 6.45) is 0. The van der Waals surface area contributed by atoms with Gasteiger partial charge in [-0.15, -0.1) is 0 Å². The number of benzene rings is 2. The lowest BCUT2D eigenvalue weighted by Crippen LogP contribution is -2.50. The van der Waals surface area contributed by atoms with Gasteiger partial charge in [-0.3, -0.25) is 14.4 Å². The molecule has 1 saturated heterocycles. The number of hydrogen-bond acceptors (Lipinski definition) is 5. The quantitative estimate of drug-likeness (QED) is 0.684. The summed E-state index contributed by atoms with van der Waals surface area (Å²) in [6, 6.07) is 10.8. The Labute approximate surface area is 191 Å². The molecule has 3 amide bonds. The van der Waals surface area contributed by atoms with Crippen molar-refractivity contribution >= 4 is 50.7 Å². The summed E-state index contributed by atoms with van der Waals surface area (Å²) >= 11 is 6.06. The topological polar surface area (TPSA) is 116 Å². The van der Waals surface area contributed by atoms with Crippen molar-refractivity contribution in [2.75, 3.05) is 36.8 Å². The Bertz CT molecular complexity index is 1130. The zero-order valence-electron chi connectivity index (χ0n) is 17.6. The van der Waals surface area contributed by atoms with Gasteiger partial charge in [-0.25, -0.2) is 8.42 Å². The SMILES string of the molecule is CC(=O)Nc1cc(NC(C)=O)cc(C(=O)N2CCN(S(=O)(=O)c3ccccc3Cl)CC2)c1. The number of carbonyl (C=O) groups excluding carboxylic acids is 3. The molecule has 1 aliphatic rings. The van der Waals surface area contributed by atoms with Gasteiger partial charge in [-0.05, 0) is 30.3 Å². The minimum absolute atomic E-state index is 0.0319. The fourth-order valence-electron chi connectivity index (χ4n) is 3.41. The number of nitrogens with one attached hydrogen (secondary N) is 2. The molecule has 2 N–H and O–H groups in total. The van der Waals surface area contributed by atoms with Gasteiger partial charge in [0, 0.05) is 57.0 Å². The molecule has 1 aliphatic heterocycles. The van der Waals surface area contributed by atoms with Crippen LogP contribution in [0.2, 0.25) is 5.02 Å². The summed E-state index contributed by atoms with van der Waals surface area (Å²) in [6.45, 7) is 3.27. The van der Waals surface area contributed by atoms with E-state index in [0.29, 0.717) is 11.4 Å². The Morgan fingerprint density at radius 3 is 1.91 bits per heavy atom. The van der Waals surface area contributed by atoms with Gasteiger partial charge in [0.1, 0.15) is 4.90 Å². The molecule has 0 unspecified atom stereocenters. The first kappa shape index (κ1) is 23.7. The number of rotatable bonds is 5. The minimum atomic E-state index is -3.78. The monoisotopic (exact) mass is 478 g/mol. The molecular weight excluding hydrogens is 456 g/mol. The van der Waals surface area contributed by atoms with Crippen LogP contribution in [0.25, 0.3) is 0 Å². The van der Waals surface area contributed by atoms with Crippen LogP contribution in [0.1, 0.15) is 24.2 Å². The van der Waals surface area contributed by atoms with Crippen LogP contribution < -0.4 is 10.6 Å². The van der Waals surface area contributed by atoms with E-state index in [9.17, 15) is 22.8 Å². The van der Waals surface area contributed by atoms with E-state index in [1.165, 1.54) is 47.3 Å². The molecule has 0 aliphatic carbocycles. The Balaban J connectivity index is 1.77. The lowest BCUT2D eigenvalue weighted by Gasteiger charge is -2.34. The smallest absolute Gasteiger partial charge is 0.254 e. The molecular formula is C21H23ClN4O5S. The Morgan fingerprint density at radius 1 is 0.875 bits per heavy atom. The number of piperazine rings is 1. The normalized spacial score (nSPS) is 14.7. The number of sulfonamides is 1. The van der Waals surface area contributed by atoms with Crippen molar-refractivity contribution in [2.24, 2.45) is 0 Å². The van der Waals surface area contributed by atoms with Gasteiger partial charge in [0.05, 0.1) is 5.02 Å². The summed E-state index contributed by atoms with van der Waals surface area (Å²) in [5.74, 6) is -0.970. The standard InChI is InChI=1S/C21H23ClN4O5S/c1-14(27)23-17-11-16(12-18(13-17)24-15(2)28)21(29)25-7-9-26(10-8-25)32(30,31)20-6-4-3-5-19(20)22/h3-6,11-13H,7-10H2,1-2H3,(H,23,27)(H,24,28). The average Bonchev–Trinajstić information content (AvgIpc) is 2.72. The Kier molecular flexibility index (Phi) is 7.17. The average molecular weight is 479 g/mol. The number of anilines is 2. The van der Waals surface area contributed by atoms with Crippen LogP contribution in [-0.4, -0.2) is 61.5 Å². The van der Waals surface area contributed by atoms with Gasteiger partial charge < -0.3 is 15.5 Å². The van der Waals surface area contributed by atoms with Crippen LogP contribution in [0.3, 0.4) is 0 Å². The second-order valence-corrected chi connectivity index (χ2v) is 9.60. The van der Waals surface area contributed by atoms with Crippen LogP contribution in [0.4, 0.5) is 11.4 Å². The highest BCUT2D eigenvalue weighted by atomic mass is 35.5. The van der Waals surface area contributed by atoms with Gasteiger partial charge in [0.2, 0.25) is 21.8 Å². The first-order chi connectivity index (χ1) is 15.1. The van der Waals surface area contributed by atoms with Crippen molar-refractivity contribution < 1.29 is 22.8 Å². The third-order valence-electron chi connectivity index (χ3n) is 4.80. The summed E-state index contributed by atoms with van der Waals surface area (Å²) in [7, 11) is -3.78. The molecule has 0 aromatic heterocycles. The molecule has 170 valence electrons. The van der Waals surface area contributed by atoms with Gasteiger partial charge >= 0.3 is 0 Å². The molecule has 2 aromatic rings. The van der Waals surface area contributed by atoms with Crippen molar-refractivity contribution in [3.8, 4) is 0 Å². The fraction of sp³-hybridized carbons (Fsp3) is 0.286. The fourth-order valence-corrected chi connectivity index (χ4v) is 5.32. The van der Waals surface area contributed by atoms with E-state index < -0.39 is 10.0 Å². The molecule has 0 atom stereocenters. The van der Waals surface area contributed by atoms with E-state index in [1.807, 2.05) is 0 Å². The lowest BCUT2D eigenvalue weighted by molar-refractivity contribution is -0.115. The molecule has 9 nitrogen and oxygen atoms in total. The van der Waals surface area contributed by atoms with Crippen LogP contribution in [0, 0.1) is 0 Å². The molecule has 0 spiro atoms. The molecule has 1 fully saturated rings. The zero-order chi connectivity index (χ0) is 23.5. The highest BCUT2D eigenvalue weighted by Gasteiger charge is 2.31. The van der Waals surface area contributed by atoms with E-state index in [0.717, 1.165) is 0 Å². The molecule has 11 heteroatoms. The summed E-state index contributed by atoms with van der Waals surface area (Å²) in [5, 5.41) is 5.36. The maximum absolute atomic E-state index is 13.1. The number of amides is 3. The number of halogens is 1. The van der Waals surface area contributed by atoms with Crippen LogP contribution in [0.5, 0.6) is 0 Å². The maximum atomic E-state index is 13.1. The molecule has 3 rings (SSSR count). The largest absolute Gasteiger partial charge is 0.336 e. The molecule has 0 bridgehead atoms. The minimum Gasteiger partial charge on any atom is -0.336 e. The summed E-state index contributed by atoms with van der Waals surface area (Å²) in [5.41, 5.74) is 1.00. The number of nitrogens with zero attached hydrogens (tertiary/aromatic N) is 2. The molecule has 32 heavy (non-hydrogen) atoms. The molecule has 1 heterocycles. The Morgan fingerprint density at radius 2 is 1.41 bits per heavy atom. The number of hydrogen-bond donors (Lipinski definition) is 2. The summed E-state index contributed by atoms with van der Waals surface area (Å²) in [4.78, 5) is 37.5. The molecule has 2 aromatic carbocycles. The van der Waals surface area contributed by atoms with Crippen molar-refractivity contribution in [3.05, 3.63) is 53.1 Å². The maximum Gasteiger partial charge on any atom is 0.254 e. The van der Waals surface area contributed by atoms with Crippen molar-refractivity contribution in [2.45, 2.75) is 18.7 Å². The van der Waals surface area contributed by atoms with E-state index >= 15 is 0 Å². The van der Waals surface area contributed by atoms with Gasteiger partial charge in [0.15, 0.2) is 0 Å². The van der Waals surface area contributed by atoms with Crippen LogP contribution >= 0.6 is 11.6 Å². The third kappa shape index (κ3) is 5.45. The van der Waals surface area contributed by atoms with E-state index in [1.54, 1.807) is 18.2 Å². The van der Waals surface area contributed by atoms with E-state index in [-0.39, 0.29) is 59.4 Å². The van der Waals surface area contributed by atoms with E-state index in [2.05, 4.69) is 10.6 Å².